The molecule has 0 aliphatic carbocycles. The Balaban J connectivity index is 1.16. The Morgan fingerprint density at radius 2 is 1.07 bits per heavy atom. The number of carbonyl (C=O) groups is 4. The maximum Gasteiger partial charge on any atom is 0.344 e. The van der Waals surface area contributed by atoms with E-state index < -0.39 is 5.63 Å². The van der Waals surface area contributed by atoms with Crippen molar-refractivity contribution < 1.29 is 23.6 Å². The van der Waals surface area contributed by atoms with E-state index in [-0.39, 0.29) is 23.6 Å². The van der Waals surface area contributed by atoms with Crippen molar-refractivity contribution in [2.45, 2.75) is 26.7 Å². The highest BCUT2D eigenvalue weighted by atomic mass is 16.4. The fourth-order valence-corrected chi connectivity index (χ4v) is 6.28. The van der Waals surface area contributed by atoms with Crippen LogP contribution in [0.2, 0.25) is 0 Å². The molecule has 8 nitrogen and oxygen atoms in total. The normalized spacial score (nSPS) is 14.1. The summed E-state index contributed by atoms with van der Waals surface area (Å²) in [5.74, 6) is -1.07. The molecule has 0 spiro atoms. The second-order valence-electron chi connectivity index (χ2n) is 11.3. The van der Waals surface area contributed by atoms with Crippen LogP contribution in [-0.4, -0.2) is 46.5 Å². The van der Waals surface area contributed by atoms with Crippen LogP contribution >= 0.6 is 0 Å². The molecular weight excluding hydrogens is 568 g/mol. The van der Waals surface area contributed by atoms with E-state index in [0.717, 1.165) is 27.6 Å². The maximum atomic E-state index is 13.0. The summed E-state index contributed by atoms with van der Waals surface area (Å²) in [6.07, 6.45) is 1.04. The maximum absolute atomic E-state index is 13.0. The first-order valence-corrected chi connectivity index (χ1v) is 14.9. The van der Waals surface area contributed by atoms with Crippen LogP contribution in [0.3, 0.4) is 0 Å². The minimum Gasteiger partial charge on any atom is -0.422 e. The van der Waals surface area contributed by atoms with Gasteiger partial charge in [0.25, 0.3) is 23.6 Å². The summed E-state index contributed by atoms with van der Waals surface area (Å²) in [7, 11) is 0. The molecule has 2 aliphatic rings. The average molecular weight is 597 g/mol. The Morgan fingerprint density at radius 1 is 0.533 bits per heavy atom. The van der Waals surface area contributed by atoms with Crippen LogP contribution in [0.1, 0.15) is 77.5 Å². The van der Waals surface area contributed by atoms with Crippen LogP contribution in [0.4, 0.5) is 0 Å². The lowest BCUT2D eigenvalue weighted by Crippen LogP contribution is -2.29. The van der Waals surface area contributed by atoms with Crippen molar-refractivity contribution in [1.82, 2.24) is 9.80 Å². The van der Waals surface area contributed by atoms with Crippen molar-refractivity contribution in [3.05, 3.63) is 140 Å². The van der Waals surface area contributed by atoms with Gasteiger partial charge in [0.2, 0.25) is 0 Å². The molecule has 3 heterocycles. The Morgan fingerprint density at radius 3 is 1.64 bits per heavy atom. The second kappa shape index (κ2) is 10.8. The van der Waals surface area contributed by atoms with Crippen molar-refractivity contribution in [1.29, 1.82) is 0 Å². The van der Waals surface area contributed by atoms with Crippen LogP contribution < -0.4 is 5.63 Å². The zero-order chi connectivity index (χ0) is 31.4. The highest BCUT2D eigenvalue weighted by Crippen LogP contribution is 2.29. The van der Waals surface area contributed by atoms with Crippen molar-refractivity contribution in [2.75, 3.05) is 13.1 Å². The minimum absolute atomic E-state index is 0.257. The van der Waals surface area contributed by atoms with E-state index in [0.29, 0.717) is 64.9 Å². The monoisotopic (exact) mass is 596 g/mol. The second-order valence-corrected chi connectivity index (χ2v) is 11.3. The lowest BCUT2D eigenvalue weighted by atomic mass is 9.96. The predicted octanol–water partition coefficient (Wildman–Crippen LogP) is 5.87. The van der Waals surface area contributed by atoms with Gasteiger partial charge in [0.15, 0.2) is 0 Å². The van der Waals surface area contributed by atoms with Gasteiger partial charge in [-0.3, -0.25) is 29.0 Å². The summed E-state index contributed by atoms with van der Waals surface area (Å²) >= 11 is 0. The van der Waals surface area contributed by atoms with E-state index in [1.807, 2.05) is 54.6 Å². The first kappa shape index (κ1) is 28.2. The van der Waals surface area contributed by atoms with Crippen LogP contribution in [-0.2, 0) is 12.8 Å². The zero-order valence-electron chi connectivity index (χ0n) is 24.8. The van der Waals surface area contributed by atoms with Crippen molar-refractivity contribution >= 4 is 34.6 Å². The highest BCUT2D eigenvalue weighted by molar-refractivity contribution is 6.22. The van der Waals surface area contributed by atoms with Crippen LogP contribution in [0.5, 0.6) is 0 Å². The van der Waals surface area contributed by atoms with E-state index in [4.69, 9.17) is 4.42 Å². The number of carbonyl (C=O) groups excluding carboxylic acids is 4. The molecule has 45 heavy (non-hydrogen) atoms. The molecule has 0 saturated heterocycles. The number of benzene rings is 4. The van der Waals surface area contributed by atoms with Gasteiger partial charge in [-0.2, -0.15) is 0 Å². The number of fused-ring (bicyclic) bond motifs is 3. The third-order valence-corrected chi connectivity index (χ3v) is 8.64. The SMILES string of the molecule is CCN1C(=O)c2ccc(Cc3ccc(-c4cc5c(Cc6ccc7c(c6)C(=O)N(CC)C7=O)cccc5oc4=O)cc3)cc2C1=O. The van der Waals surface area contributed by atoms with Crippen molar-refractivity contribution in [3.8, 4) is 11.1 Å². The number of nitrogens with zero attached hydrogens (tertiary/aromatic N) is 2. The summed E-state index contributed by atoms with van der Waals surface area (Å²) in [4.78, 5) is 65.9. The van der Waals surface area contributed by atoms with Gasteiger partial charge in [-0.25, -0.2) is 4.79 Å². The molecule has 0 bridgehead atoms. The molecule has 4 amide bonds. The first-order chi connectivity index (χ1) is 21.8. The fourth-order valence-electron chi connectivity index (χ4n) is 6.28. The Hall–Kier alpha value is -5.63. The standard InChI is InChI=1S/C37H28N2O6/c1-3-38-33(40)26-14-10-22(18-30(26)35(38)42)16-21-8-12-24(13-9-21)29-20-28-25(6-5-7-32(28)45-37(29)44)17-23-11-15-27-31(19-23)36(43)39(4-2)34(27)41/h5-15,18-20H,3-4,16-17H2,1-2H3. The van der Waals surface area contributed by atoms with E-state index in [2.05, 4.69) is 0 Å². The summed E-state index contributed by atoms with van der Waals surface area (Å²) in [5.41, 5.74) is 6.55. The van der Waals surface area contributed by atoms with Gasteiger partial charge in [0, 0.05) is 18.5 Å². The average Bonchev–Trinajstić information content (AvgIpc) is 3.43. The van der Waals surface area contributed by atoms with Gasteiger partial charge in [0.05, 0.1) is 27.8 Å². The van der Waals surface area contributed by atoms with Gasteiger partial charge in [-0.05, 0) is 90.9 Å². The number of rotatable bonds is 7. The van der Waals surface area contributed by atoms with Gasteiger partial charge in [-0.1, -0.05) is 48.5 Å². The van der Waals surface area contributed by atoms with Gasteiger partial charge in [-0.15, -0.1) is 0 Å². The van der Waals surface area contributed by atoms with Gasteiger partial charge < -0.3 is 4.42 Å². The molecule has 2 aliphatic heterocycles. The Bertz CT molecular complexity index is 2140. The molecule has 4 aromatic carbocycles. The largest absolute Gasteiger partial charge is 0.422 e. The van der Waals surface area contributed by atoms with Crippen molar-refractivity contribution in [2.24, 2.45) is 0 Å². The molecule has 1 aromatic heterocycles. The molecule has 0 atom stereocenters. The van der Waals surface area contributed by atoms with Crippen LogP contribution in [0.15, 0.2) is 94.1 Å². The number of hydrogen-bond donors (Lipinski definition) is 0. The smallest absolute Gasteiger partial charge is 0.344 e. The van der Waals surface area contributed by atoms with Gasteiger partial charge >= 0.3 is 5.63 Å². The molecule has 0 radical (unpaired) electrons. The van der Waals surface area contributed by atoms with Crippen LogP contribution in [0, 0.1) is 0 Å². The number of imide groups is 2. The molecule has 5 aromatic rings. The first-order valence-electron chi connectivity index (χ1n) is 14.9. The minimum atomic E-state index is -0.448. The lowest BCUT2D eigenvalue weighted by molar-refractivity contribution is 0.0647. The van der Waals surface area contributed by atoms with E-state index in [9.17, 15) is 24.0 Å². The quantitative estimate of drug-likeness (QED) is 0.172. The summed E-state index contributed by atoms with van der Waals surface area (Å²) in [6, 6.07) is 25.7. The Labute approximate surface area is 258 Å². The van der Waals surface area contributed by atoms with Crippen LogP contribution in [0.25, 0.3) is 22.1 Å². The zero-order valence-corrected chi connectivity index (χ0v) is 24.8. The molecule has 7 rings (SSSR count). The topological polar surface area (TPSA) is 105 Å². The summed E-state index contributed by atoms with van der Waals surface area (Å²) in [5, 5.41) is 0.785. The Kier molecular flexibility index (Phi) is 6.77. The highest BCUT2D eigenvalue weighted by Gasteiger charge is 2.35. The molecule has 8 heteroatoms. The van der Waals surface area contributed by atoms with Gasteiger partial charge in [0.1, 0.15) is 5.58 Å². The summed E-state index contributed by atoms with van der Waals surface area (Å²) < 4.78 is 5.74. The summed E-state index contributed by atoms with van der Waals surface area (Å²) in [6.45, 7) is 4.22. The predicted molar refractivity (Wildman–Crippen MR) is 168 cm³/mol. The molecule has 0 unspecified atom stereocenters. The molecular formula is C37H28N2O6. The third kappa shape index (κ3) is 4.66. The molecule has 222 valence electrons. The van der Waals surface area contributed by atoms with Crippen molar-refractivity contribution in [3.63, 3.8) is 0 Å². The molecule has 0 saturated carbocycles. The third-order valence-electron chi connectivity index (χ3n) is 8.64. The number of hydrogen-bond acceptors (Lipinski definition) is 6. The lowest BCUT2D eigenvalue weighted by Gasteiger charge is -2.10. The molecule has 0 fully saturated rings. The van der Waals surface area contributed by atoms with E-state index >= 15 is 0 Å². The molecule has 0 N–H and O–H groups in total. The van der Waals surface area contributed by atoms with E-state index in [1.165, 1.54) is 9.80 Å². The van der Waals surface area contributed by atoms with E-state index in [1.54, 1.807) is 44.2 Å². The fraction of sp³-hybridized carbons (Fsp3) is 0.162. The number of amides is 4.